The van der Waals surface area contributed by atoms with Gasteiger partial charge in [-0.2, -0.15) is 7.11 Å². The van der Waals surface area contributed by atoms with Gasteiger partial charge in [0.05, 0.1) is 11.1 Å². The molecule has 3 heteroatoms. The van der Waals surface area contributed by atoms with Crippen LogP contribution in [-0.2, 0) is 5.41 Å². The first-order valence-corrected chi connectivity index (χ1v) is 26.2. The summed E-state index contributed by atoms with van der Waals surface area (Å²) in [5.74, 6) is 0. The molecule has 0 radical (unpaired) electrons. The van der Waals surface area contributed by atoms with Gasteiger partial charge in [-0.15, -0.1) is 0 Å². The number of hydrogen-bond acceptors (Lipinski definition) is 2. The van der Waals surface area contributed by atoms with Gasteiger partial charge < -0.3 is 10.0 Å². The van der Waals surface area contributed by atoms with E-state index in [2.05, 4.69) is 283 Å². The van der Waals surface area contributed by atoms with Crippen LogP contribution in [0, 0.1) is 41.5 Å². The van der Waals surface area contributed by atoms with Gasteiger partial charge in [0, 0.05) is 16.8 Å². The molecule has 2 nitrogen and oxygen atoms in total. The van der Waals surface area contributed by atoms with Gasteiger partial charge in [0.2, 0.25) is 0 Å². The molecule has 1 aliphatic carbocycles. The molecule has 0 saturated heterocycles. The number of rotatable bonds is 5. The molecule has 0 fully saturated rings. The smallest absolute Gasteiger partial charge is 0.857 e. The summed E-state index contributed by atoms with van der Waals surface area (Å²) >= 11 is 0. The minimum atomic E-state index is -0.581. The number of para-hydroxylation sites is 2. The fourth-order valence-corrected chi connectivity index (χ4v) is 10.6. The number of anilines is 3. The van der Waals surface area contributed by atoms with Crippen LogP contribution in [0.25, 0.3) is 43.4 Å². The van der Waals surface area contributed by atoms with Crippen LogP contribution in [0.1, 0.15) is 55.6 Å². The van der Waals surface area contributed by atoms with Crippen LogP contribution in [0.5, 0.6) is 0 Å². The maximum Gasteiger partial charge on any atom is 1.00 e. The molecular weight excluding hydrogens is 958 g/mol. The summed E-state index contributed by atoms with van der Waals surface area (Å²) in [6.07, 6.45) is 0. The van der Waals surface area contributed by atoms with Crippen molar-refractivity contribution < 1.29 is 56.5 Å². The summed E-state index contributed by atoms with van der Waals surface area (Å²) in [6.45, 7) is 12.8. The van der Waals surface area contributed by atoms with Crippen molar-refractivity contribution in [1.82, 2.24) is 0 Å². The van der Waals surface area contributed by atoms with Crippen molar-refractivity contribution in [3.8, 4) is 11.1 Å². The Kier molecular flexibility index (Phi) is 19.1. The van der Waals surface area contributed by atoms with E-state index in [1.54, 1.807) is 0 Å². The predicted molar refractivity (Wildman–Crippen MR) is 325 cm³/mol. The van der Waals surface area contributed by atoms with Crippen LogP contribution in [0.15, 0.2) is 273 Å². The third kappa shape index (κ3) is 12.3. The summed E-state index contributed by atoms with van der Waals surface area (Å²) in [5.41, 5.74) is 18.6. The van der Waals surface area contributed by atoms with Gasteiger partial charge in [-0.25, -0.2) is 0 Å². The van der Waals surface area contributed by atoms with Crippen molar-refractivity contribution in [2.75, 3.05) is 12.0 Å². The molecule has 374 valence electrons. The van der Waals surface area contributed by atoms with Gasteiger partial charge in [-0.05, 0) is 155 Å². The Labute approximate surface area is 499 Å². The van der Waals surface area contributed by atoms with E-state index in [1.165, 1.54) is 99.1 Å². The normalized spacial score (nSPS) is 11.4. The van der Waals surface area contributed by atoms with Crippen molar-refractivity contribution >= 4 is 49.4 Å². The Morgan fingerprint density at radius 3 is 1.18 bits per heavy atom. The first kappa shape index (κ1) is 56.0. The second-order valence-corrected chi connectivity index (χ2v) is 19.7. The summed E-state index contributed by atoms with van der Waals surface area (Å²) in [4.78, 5) is 2.43. The number of benzene rings is 12. The van der Waals surface area contributed by atoms with E-state index in [0.717, 1.165) is 24.2 Å². The van der Waals surface area contributed by atoms with Crippen LogP contribution in [0.2, 0.25) is 0 Å². The molecule has 1 aliphatic rings. The van der Waals surface area contributed by atoms with Crippen molar-refractivity contribution in [2.45, 2.75) is 47.0 Å². The molecule has 13 rings (SSSR count). The van der Waals surface area contributed by atoms with Gasteiger partial charge in [-0.1, -0.05) is 253 Å². The molecule has 0 aromatic heterocycles. The predicted octanol–water partition coefficient (Wildman–Crippen LogP) is 15.9. The molecule has 12 aromatic rings. The van der Waals surface area contributed by atoms with E-state index in [4.69, 9.17) is 5.11 Å². The molecule has 0 atom stereocenters. The van der Waals surface area contributed by atoms with Crippen LogP contribution < -0.4 is 61.4 Å². The zero-order valence-electron chi connectivity index (χ0n) is 45.8. The minimum Gasteiger partial charge on any atom is -0.857 e. The van der Waals surface area contributed by atoms with Gasteiger partial charge in [0.25, 0.3) is 0 Å². The standard InChI is InChI=1S/C50H35N.C9H12.2C7H8.CH3O.K/c1-34-24-29-45-46(30-34)50(39-27-25-35-14-8-10-16-37(35)31-39,40-28-26-36-15-9-11-17-38(36)32-40)47-33-48(43-22-12-13-23-44(43)49(45)47)51(41-18-4-2-5-19-41)42-20-6-3-7-21-42;1-7-4-5-8(2)9(3)6-7;2*1-7-5-3-2-4-6-7;1-2;/h2-33H,1H3;4-6H,1-3H3;2*2-6H,1H3;1H3;/q;;;;-1;+1. The molecule has 0 unspecified atom stereocenters. The third-order valence-corrected chi connectivity index (χ3v) is 14.5. The largest absolute Gasteiger partial charge is 1.00 e. The van der Waals surface area contributed by atoms with E-state index in [9.17, 15) is 0 Å². The van der Waals surface area contributed by atoms with Crippen molar-refractivity contribution in [3.05, 3.63) is 329 Å². The van der Waals surface area contributed by atoms with Crippen molar-refractivity contribution in [2.24, 2.45) is 0 Å². The Morgan fingerprint density at radius 1 is 0.312 bits per heavy atom. The topological polar surface area (TPSA) is 26.3 Å². The van der Waals surface area contributed by atoms with Gasteiger partial charge in [0.1, 0.15) is 0 Å². The maximum absolute atomic E-state index is 8.25. The molecule has 0 spiro atoms. The molecule has 0 saturated carbocycles. The second-order valence-electron chi connectivity index (χ2n) is 19.7. The molecule has 0 bridgehead atoms. The number of fused-ring (bicyclic) bond motifs is 7. The summed E-state index contributed by atoms with van der Waals surface area (Å²) in [7, 11) is 0.750. The monoisotopic (exact) mass is 1020 g/mol. The SMILES string of the molecule is C[O-].Cc1ccc(C)c(C)c1.Cc1ccc2c(c1)C(c1ccc3ccccc3c1)(c1ccc3ccccc3c1)c1cc(N(c3ccccc3)c3ccccc3)c3ccccc3c1-2.Cc1ccccc1.Cc1ccccc1.[K+]. The molecule has 0 amide bonds. The number of aryl methyl sites for hydroxylation is 6. The van der Waals surface area contributed by atoms with Crippen LogP contribution >= 0.6 is 0 Å². The average molecular weight is 1020 g/mol. The van der Waals surface area contributed by atoms with Gasteiger partial charge >= 0.3 is 51.4 Å². The van der Waals surface area contributed by atoms with E-state index in [1.807, 2.05) is 36.4 Å². The summed E-state index contributed by atoms with van der Waals surface area (Å²) in [5, 5.41) is 15.7. The molecule has 0 N–H and O–H groups in total. The summed E-state index contributed by atoms with van der Waals surface area (Å²) in [6, 6.07) is 98.9. The zero-order chi connectivity index (χ0) is 53.0. The Balaban J connectivity index is 0.000000248. The minimum absolute atomic E-state index is 0. The van der Waals surface area contributed by atoms with E-state index in [0.29, 0.717) is 0 Å². The molecule has 0 aliphatic heterocycles. The quantitative estimate of drug-likeness (QED) is 0.161. The molecule has 12 aromatic carbocycles. The number of nitrogens with zero attached hydrogens (tertiary/aromatic N) is 1. The fourth-order valence-electron chi connectivity index (χ4n) is 10.6. The third-order valence-electron chi connectivity index (χ3n) is 14.5. The Bertz CT molecular complexity index is 3700. The average Bonchev–Trinajstić information content (AvgIpc) is 3.84. The van der Waals surface area contributed by atoms with E-state index < -0.39 is 5.41 Å². The molecular formula is C74H66KNO. The number of hydrogen-bond donors (Lipinski definition) is 0. The Hall–Kier alpha value is -7.18. The van der Waals surface area contributed by atoms with Gasteiger partial charge in [-0.3, -0.25) is 0 Å². The fraction of sp³-hybridized carbons (Fsp3) is 0.108. The van der Waals surface area contributed by atoms with Crippen molar-refractivity contribution in [1.29, 1.82) is 0 Å². The molecule has 0 heterocycles. The maximum atomic E-state index is 8.25. The first-order chi connectivity index (χ1) is 37.2. The summed E-state index contributed by atoms with van der Waals surface area (Å²) < 4.78 is 0. The first-order valence-electron chi connectivity index (χ1n) is 26.2. The second kappa shape index (κ2) is 26.2. The van der Waals surface area contributed by atoms with Crippen LogP contribution in [0.4, 0.5) is 17.1 Å². The Morgan fingerprint density at radius 2 is 0.727 bits per heavy atom. The van der Waals surface area contributed by atoms with Crippen LogP contribution in [0.3, 0.4) is 0 Å². The van der Waals surface area contributed by atoms with E-state index >= 15 is 0 Å². The van der Waals surface area contributed by atoms with Crippen LogP contribution in [-0.4, -0.2) is 7.11 Å². The van der Waals surface area contributed by atoms with E-state index in [-0.39, 0.29) is 51.4 Å². The van der Waals surface area contributed by atoms with Gasteiger partial charge in [0.15, 0.2) is 0 Å². The molecule has 77 heavy (non-hydrogen) atoms. The zero-order valence-corrected chi connectivity index (χ0v) is 49.0. The van der Waals surface area contributed by atoms with Crippen molar-refractivity contribution in [3.63, 3.8) is 0 Å².